The van der Waals surface area contributed by atoms with Crippen LogP contribution in [0.15, 0.2) is 36.7 Å². The molecule has 0 aliphatic carbocycles. The molecular weight excluding hydrogens is 222 g/mol. The van der Waals surface area contributed by atoms with Crippen LogP contribution in [0.3, 0.4) is 0 Å². The van der Waals surface area contributed by atoms with Crippen molar-refractivity contribution >= 4 is 11.6 Å². The molecule has 1 aromatic heterocycles. The number of halogens is 1. The minimum Gasteiger partial charge on any atom is -0.241 e. The van der Waals surface area contributed by atoms with Gasteiger partial charge in [0.1, 0.15) is 18.1 Å². The van der Waals surface area contributed by atoms with Gasteiger partial charge in [0.05, 0.1) is 0 Å². The molecule has 0 aliphatic heterocycles. The molecule has 2 rings (SSSR count). The van der Waals surface area contributed by atoms with Crippen LogP contribution >= 0.6 is 11.6 Å². The van der Waals surface area contributed by atoms with E-state index >= 15 is 0 Å². The number of aromatic nitrogens is 2. The Morgan fingerprint density at radius 2 is 2.06 bits per heavy atom. The summed E-state index contributed by atoms with van der Waals surface area (Å²) in [5, 5.41) is 9.42. The summed E-state index contributed by atoms with van der Waals surface area (Å²) in [5.41, 5.74) is 2.16. The SMILES string of the molecule is N#Cc1cc(Cc2ccccc2Cl)ncn1. The van der Waals surface area contributed by atoms with Crippen LogP contribution in [-0.2, 0) is 6.42 Å². The van der Waals surface area contributed by atoms with E-state index in [-0.39, 0.29) is 0 Å². The summed E-state index contributed by atoms with van der Waals surface area (Å²) in [6.07, 6.45) is 2.00. The highest BCUT2D eigenvalue weighted by molar-refractivity contribution is 6.31. The second kappa shape index (κ2) is 4.73. The molecule has 0 N–H and O–H groups in total. The van der Waals surface area contributed by atoms with E-state index in [4.69, 9.17) is 16.9 Å². The summed E-state index contributed by atoms with van der Waals surface area (Å²) in [7, 11) is 0. The largest absolute Gasteiger partial charge is 0.241 e. The Morgan fingerprint density at radius 1 is 1.25 bits per heavy atom. The van der Waals surface area contributed by atoms with Gasteiger partial charge in [0.15, 0.2) is 0 Å². The molecule has 0 saturated carbocycles. The lowest BCUT2D eigenvalue weighted by Gasteiger charge is -2.03. The molecule has 0 unspecified atom stereocenters. The van der Waals surface area contributed by atoms with Crippen LogP contribution in [0.25, 0.3) is 0 Å². The van der Waals surface area contributed by atoms with Crippen molar-refractivity contribution in [2.24, 2.45) is 0 Å². The monoisotopic (exact) mass is 229 g/mol. The first-order valence-corrected chi connectivity index (χ1v) is 5.12. The van der Waals surface area contributed by atoms with Gasteiger partial charge in [0, 0.05) is 17.1 Å². The molecule has 4 heteroatoms. The van der Waals surface area contributed by atoms with Crippen LogP contribution < -0.4 is 0 Å². The summed E-state index contributed by atoms with van der Waals surface area (Å²) in [5.74, 6) is 0. The van der Waals surface area contributed by atoms with E-state index in [1.807, 2.05) is 30.3 Å². The number of hydrogen-bond acceptors (Lipinski definition) is 3. The van der Waals surface area contributed by atoms with Gasteiger partial charge >= 0.3 is 0 Å². The normalized spacial score (nSPS) is 9.75. The molecule has 16 heavy (non-hydrogen) atoms. The van der Waals surface area contributed by atoms with Crippen molar-refractivity contribution < 1.29 is 0 Å². The number of rotatable bonds is 2. The lowest BCUT2D eigenvalue weighted by molar-refractivity contribution is 1.02. The molecule has 0 atom stereocenters. The second-order valence-corrected chi connectivity index (χ2v) is 3.68. The van der Waals surface area contributed by atoms with Gasteiger partial charge in [-0.3, -0.25) is 0 Å². The number of nitrogens with zero attached hydrogens (tertiary/aromatic N) is 3. The number of hydrogen-bond donors (Lipinski definition) is 0. The van der Waals surface area contributed by atoms with Crippen LogP contribution in [0.5, 0.6) is 0 Å². The second-order valence-electron chi connectivity index (χ2n) is 3.27. The molecule has 0 aliphatic rings. The van der Waals surface area contributed by atoms with Crippen LogP contribution in [0.4, 0.5) is 0 Å². The molecule has 0 radical (unpaired) electrons. The molecule has 0 spiro atoms. The van der Waals surface area contributed by atoms with Crippen molar-refractivity contribution in [3.05, 3.63) is 58.6 Å². The maximum absolute atomic E-state index is 8.72. The summed E-state index contributed by atoms with van der Waals surface area (Å²) < 4.78 is 0. The zero-order valence-corrected chi connectivity index (χ0v) is 9.15. The molecule has 0 fully saturated rings. The molecular formula is C12H8ClN3. The van der Waals surface area contributed by atoms with Crippen molar-refractivity contribution in [3.63, 3.8) is 0 Å². The van der Waals surface area contributed by atoms with Crippen molar-refractivity contribution in [2.75, 3.05) is 0 Å². The smallest absolute Gasteiger partial charge is 0.144 e. The standard InChI is InChI=1S/C12H8ClN3/c13-12-4-2-1-3-9(12)5-10-6-11(7-14)16-8-15-10/h1-4,6,8H,5H2. The maximum Gasteiger partial charge on any atom is 0.144 e. The fourth-order valence-corrected chi connectivity index (χ4v) is 1.59. The first kappa shape index (κ1) is 10.6. The zero-order valence-electron chi connectivity index (χ0n) is 8.39. The van der Waals surface area contributed by atoms with Crippen LogP contribution in [0, 0.1) is 11.3 Å². The minimum absolute atomic E-state index is 0.372. The first-order chi connectivity index (χ1) is 7.79. The van der Waals surface area contributed by atoms with E-state index in [0.29, 0.717) is 17.1 Å². The third-order valence-corrected chi connectivity index (χ3v) is 2.54. The van der Waals surface area contributed by atoms with Crippen molar-refractivity contribution in [1.82, 2.24) is 9.97 Å². The van der Waals surface area contributed by atoms with E-state index in [0.717, 1.165) is 11.3 Å². The lowest BCUT2D eigenvalue weighted by Crippen LogP contribution is -1.95. The maximum atomic E-state index is 8.72. The van der Waals surface area contributed by atoms with Gasteiger partial charge in [-0.15, -0.1) is 0 Å². The Balaban J connectivity index is 2.28. The van der Waals surface area contributed by atoms with E-state index in [1.54, 1.807) is 6.07 Å². The Labute approximate surface area is 98.4 Å². The fourth-order valence-electron chi connectivity index (χ4n) is 1.39. The highest BCUT2D eigenvalue weighted by Gasteiger charge is 2.03. The Bertz CT molecular complexity index is 546. The highest BCUT2D eigenvalue weighted by Crippen LogP contribution is 2.17. The summed E-state index contributed by atoms with van der Waals surface area (Å²) >= 11 is 6.04. The fraction of sp³-hybridized carbons (Fsp3) is 0.0833. The van der Waals surface area contributed by atoms with E-state index in [1.165, 1.54) is 6.33 Å². The van der Waals surface area contributed by atoms with Gasteiger partial charge in [-0.2, -0.15) is 5.26 Å². The van der Waals surface area contributed by atoms with Gasteiger partial charge < -0.3 is 0 Å². The average molecular weight is 230 g/mol. The molecule has 0 amide bonds. The topological polar surface area (TPSA) is 49.6 Å². The molecule has 0 bridgehead atoms. The van der Waals surface area contributed by atoms with Crippen molar-refractivity contribution in [3.8, 4) is 6.07 Å². The Hall–Kier alpha value is -1.92. The van der Waals surface area contributed by atoms with E-state index < -0.39 is 0 Å². The number of nitriles is 1. The predicted octanol–water partition coefficient (Wildman–Crippen LogP) is 2.59. The van der Waals surface area contributed by atoms with E-state index in [9.17, 15) is 0 Å². The first-order valence-electron chi connectivity index (χ1n) is 4.74. The molecule has 1 heterocycles. The summed E-state index contributed by atoms with van der Waals surface area (Å²) in [6.45, 7) is 0. The van der Waals surface area contributed by atoms with Gasteiger partial charge in [-0.1, -0.05) is 29.8 Å². The van der Waals surface area contributed by atoms with Crippen LogP contribution in [0.1, 0.15) is 17.0 Å². The average Bonchev–Trinajstić information content (AvgIpc) is 2.32. The van der Waals surface area contributed by atoms with Crippen LogP contribution in [0.2, 0.25) is 5.02 Å². The molecule has 78 valence electrons. The van der Waals surface area contributed by atoms with Gasteiger partial charge in [-0.25, -0.2) is 9.97 Å². The lowest BCUT2D eigenvalue weighted by atomic mass is 10.1. The van der Waals surface area contributed by atoms with Crippen molar-refractivity contribution in [1.29, 1.82) is 5.26 Å². The minimum atomic E-state index is 0.372. The summed E-state index contributed by atoms with van der Waals surface area (Å²) in [6, 6.07) is 11.2. The molecule has 1 aromatic carbocycles. The summed E-state index contributed by atoms with van der Waals surface area (Å²) in [4.78, 5) is 7.92. The predicted molar refractivity (Wildman–Crippen MR) is 61.0 cm³/mol. The third-order valence-electron chi connectivity index (χ3n) is 2.17. The van der Waals surface area contributed by atoms with Gasteiger partial charge in [0.2, 0.25) is 0 Å². The molecule has 0 saturated heterocycles. The van der Waals surface area contributed by atoms with Gasteiger partial charge in [-0.05, 0) is 17.7 Å². The number of benzene rings is 1. The Morgan fingerprint density at radius 3 is 2.81 bits per heavy atom. The Kier molecular flexibility index (Phi) is 3.13. The molecule has 2 aromatic rings. The zero-order chi connectivity index (χ0) is 11.4. The van der Waals surface area contributed by atoms with Crippen LogP contribution in [-0.4, -0.2) is 9.97 Å². The third kappa shape index (κ3) is 2.36. The molecule has 3 nitrogen and oxygen atoms in total. The van der Waals surface area contributed by atoms with E-state index in [2.05, 4.69) is 9.97 Å². The quantitative estimate of drug-likeness (QED) is 0.795. The van der Waals surface area contributed by atoms with Crippen molar-refractivity contribution in [2.45, 2.75) is 6.42 Å². The highest BCUT2D eigenvalue weighted by atomic mass is 35.5. The van der Waals surface area contributed by atoms with Gasteiger partial charge in [0.25, 0.3) is 0 Å².